The summed E-state index contributed by atoms with van der Waals surface area (Å²) in [6, 6.07) is 9.45. The first-order valence-electron chi connectivity index (χ1n) is 5.60. The minimum absolute atomic E-state index is 0.290. The third-order valence-electron chi connectivity index (χ3n) is 2.70. The number of rotatable bonds is 3. The van der Waals surface area contributed by atoms with Crippen LogP contribution in [0.5, 0.6) is 0 Å². The standard InChI is InChI=1S/C13H16O3/c1-3-9-13(2)15-11(12(14)16-13)10-7-5-4-6-8-10/h4-8,11H,3,9H2,1-2H3. The molecule has 0 bridgehead atoms. The summed E-state index contributed by atoms with van der Waals surface area (Å²) in [7, 11) is 0. The molecule has 1 heterocycles. The van der Waals surface area contributed by atoms with Gasteiger partial charge in [-0.05, 0) is 12.0 Å². The van der Waals surface area contributed by atoms with E-state index in [1.54, 1.807) is 0 Å². The molecule has 2 atom stereocenters. The molecule has 0 radical (unpaired) electrons. The van der Waals surface area contributed by atoms with Gasteiger partial charge in [0, 0.05) is 13.3 Å². The molecular weight excluding hydrogens is 204 g/mol. The highest BCUT2D eigenvalue weighted by Crippen LogP contribution is 2.36. The Kier molecular flexibility index (Phi) is 2.97. The Bertz CT molecular complexity index is 374. The van der Waals surface area contributed by atoms with Crippen LogP contribution in [0.15, 0.2) is 30.3 Å². The monoisotopic (exact) mass is 220 g/mol. The Labute approximate surface area is 95.4 Å². The van der Waals surface area contributed by atoms with Gasteiger partial charge in [0.2, 0.25) is 5.79 Å². The molecule has 3 heteroatoms. The molecule has 2 rings (SSSR count). The van der Waals surface area contributed by atoms with Crippen molar-refractivity contribution in [2.24, 2.45) is 0 Å². The Morgan fingerprint density at radius 2 is 2.00 bits per heavy atom. The van der Waals surface area contributed by atoms with E-state index in [0.29, 0.717) is 0 Å². The van der Waals surface area contributed by atoms with Gasteiger partial charge in [-0.3, -0.25) is 0 Å². The Morgan fingerprint density at radius 3 is 2.62 bits per heavy atom. The van der Waals surface area contributed by atoms with Gasteiger partial charge >= 0.3 is 5.97 Å². The smallest absolute Gasteiger partial charge is 0.342 e. The van der Waals surface area contributed by atoms with E-state index in [-0.39, 0.29) is 5.97 Å². The van der Waals surface area contributed by atoms with Crippen LogP contribution in [0.1, 0.15) is 38.4 Å². The highest BCUT2D eigenvalue weighted by Gasteiger charge is 2.44. The molecule has 1 aromatic carbocycles. The lowest BCUT2D eigenvalue weighted by molar-refractivity contribution is -0.171. The van der Waals surface area contributed by atoms with E-state index in [1.165, 1.54) is 0 Å². The summed E-state index contributed by atoms with van der Waals surface area (Å²) in [6.45, 7) is 3.86. The lowest BCUT2D eigenvalue weighted by Crippen LogP contribution is -2.25. The van der Waals surface area contributed by atoms with Crippen molar-refractivity contribution >= 4 is 5.97 Å². The maximum absolute atomic E-state index is 11.7. The molecule has 1 aliphatic rings. The topological polar surface area (TPSA) is 35.5 Å². The van der Waals surface area contributed by atoms with Gasteiger partial charge in [-0.1, -0.05) is 37.3 Å². The van der Waals surface area contributed by atoms with E-state index < -0.39 is 11.9 Å². The number of cyclic esters (lactones) is 1. The fourth-order valence-corrected chi connectivity index (χ4v) is 1.98. The number of esters is 1. The maximum atomic E-state index is 11.7. The first-order chi connectivity index (χ1) is 7.64. The molecule has 1 aliphatic heterocycles. The van der Waals surface area contributed by atoms with Crippen molar-refractivity contribution in [3.05, 3.63) is 35.9 Å². The quantitative estimate of drug-likeness (QED) is 0.735. The average molecular weight is 220 g/mol. The Balaban J connectivity index is 2.17. The second kappa shape index (κ2) is 4.26. The molecule has 16 heavy (non-hydrogen) atoms. The van der Waals surface area contributed by atoms with Crippen LogP contribution < -0.4 is 0 Å². The molecule has 0 aromatic heterocycles. The van der Waals surface area contributed by atoms with E-state index in [1.807, 2.05) is 44.2 Å². The summed E-state index contributed by atoms with van der Waals surface area (Å²) in [5.74, 6) is -1.05. The molecule has 1 fully saturated rings. The van der Waals surface area contributed by atoms with Crippen molar-refractivity contribution in [3.8, 4) is 0 Å². The number of hydrogen-bond donors (Lipinski definition) is 0. The zero-order chi connectivity index (χ0) is 11.6. The summed E-state index contributed by atoms with van der Waals surface area (Å²) in [5.41, 5.74) is 0.854. The van der Waals surface area contributed by atoms with E-state index >= 15 is 0 Å². The van der Waals surface area contributed by atoms with Gasteiger partial charge in [0.25, 0.3) is 0 Å². The number of ether oxygens (including phenoxy) is 2. The first kappa shape index (κ1) is 11.1. The SMILES string of the molecule is CCCC1(C)OC(=O)C(c2ccccc2)O1. The molecule has 0 aliphatic carbocycles. The molecule has 86 valence electrons. The van der Waals surface area contributed by atoms with Gasteiger partial charge < -0.3 is 9.47 Å². The van der Waals surface area contributed by atoms with Gasteiger partial charge in [-0.2, -0.15) is 0 Å². The number of benzene rings is 1. The maximum Gasteiger partial charge on any atom is 0.342 e. The number of carbonyl (C=O) groups is 1. The average Bonchev–Trinajstić information content (AvgIpc) is 2.56. The van der Waals surface area contributed by atoms with Crippen LogP contribution in [-0.2, 0) is 14.3 Å². The summed E-state index contributed by atoms with van der Waals surface area (Å²) in [6.07, 6.45) is 1.07. The molecule has 0 amide bonds. The minimum atomic E-state index is -0.758. The molecule has 3 nitrogen and oxygen atoms in total. The molecule has 0 spiro atoms. The summed E-state index contributed by atoms with van der Waals surface area (Å²) < 4.78 is 11.0. The first-order valence-corrected chi connectivity index (χ1v) is 5.60. The summed E-state index contributed by atoms with van der Waals surface area (Å²) >= 11 is 0. The number of hydrogen-bond acceptors (Lipinski definition) is 3. The van der Waals surface area contributed by atoms with Crippen molar-refractivity contribution < 1.29 is 14.3 Å². The molecule has 0 N–H and O–H groups in total. The second-order valence-corrected chi connectivity index (χ2v) is 4.21. The molecule has 1 saturated heterocycles. The van der Waals surface area contributed by atoms with Crippen LogP contribution >= 0.6 is 0 Å². The van der Waals surface area contributed by atoms with Crippen molar-refractivity contribution in [1.29, 1.82) is 0 Å². The van der Waals surface area contributed by atoms with E-state index in [9.17, 15) is 4.79 Å². The van der Waals surface area contributed by atoms with Gasteiger partial charge in [0.05, 0.1) is 0 Å². The van der Waals surface area contributed by atoms with Crippen LogP contribution in [-0.4, -0.2) is 11.8 Å². The summed E-state index contributed by atoms with van der Waals surface area (Å²) in [4.78, 5) is 11.7. The van der Waals surface area contributed by atoms with Gasteiger partial charge in [-0.15, -0.1) is 0 Å². The van der Waals surface area contributed by atoms with Crippen LogP contribution in [0.3, 0.4) is 0 Å². The molecular formula is C13H16O3. The van der Waals surface area contributed by atoms with Crippen molar-refractivity contribution in [1.82, 2.24) is 0 Å². The van der Waals surface area contributed by atoms with Crippen LogP contribution in [0.2, 0.25) is 0 Å². The van der Waals surface area contributed by atoms with Crippen molar-refractivity contribution in [3.63, 3.8) is 0 Å². The Hall–Kier alpha value is -1.35. The number of carbonyl (C=O) groups excluding carboxylic acids is 1. The molecule has 0 saturated carbocycles. The van der Waals surface area contributed by atoms with Crippen LogP contribution in [0.4, 0.5) is 0 Å². The minimum Gasteiger partial charge on any atom is -0.431 e. The normalized spacial score (nSPS) is 29.1. The summed E-state index contributed by atoms with van der Waals surface area (Å²) in [5, 5.41) is 0. The van der Waals surface area contributed by atoms with Crippen LogP contribution in [0, 0.1) is 0 Å². The molecule has 1 aromatic rings. The van der Waals surface area contributed by atoms with Gasteiger partial charge in [-0.25, -0.2) is 4.79 Å². The van der Waals surface area contributed by atoms with E-state index in [2.05, 4.69) is 0 Å². The lowest BCUT2D eigenvalue weighted by Gasteiger charge is -2.20. The van der Waals surface area contributed by atoms with E-state index in [4.69, 9.17) is 9.47 Å². The fourth-order valence-electron chi connectivity index (χ4n) is 1.98. The third-order valence-corrected chi connectivity index (χ3v) is 2.70. The lowest BCUT2D eigenvalue weighted by atomic mass is 10.1. The molecule has 2 unspecified atom stereocenters. The Morgan fingerprint density at radius 1 is 1.31 bits per heavy atom. The van der Waals surface area contributed by atoms with Crippen molar-refractivity contribution in [2.75, 3.05) is 0 Å². The zero-order valence-corrected chi connectivity index (χ0v) is 9.60. The van der Waals surface area contributed by atoms with Gasteiger partial charge in [0.15, 0.2) is 6.10 Å². The van der Waals surface area contributed by atoms with Crippen LogP contribution in [0.25, 0.3) is 0 Å². The highest BCUT2D eigenvalue weighted by atomic mass is 16.8. The predicted molar refractivity (Wildman–Crippen MR) is 59.7 cm³/mol. The van der Waals surface area contributed by atoms with Crippen molar-refractivity contribution in [2.45, 2.75) is 38.6 Å². The van der Waals surface area contributed by atoms with E-state index in [0.717, 1.165) is 18.4 Å². The largest absolute Gasteiger partial charge is 0.431 e. The zero-order valence-electron chi connectivity index (χ0n) is 9.60. The second-order valence-electron chi connectivity index (χ2n) is 4.21. The predicted octanol–water partition coefficient (Wildman–Crippen LogP) is 2.82. The van der Waals surface area contributed by atoms with Gasteiger partial charge in [0.1, 0.15) is 0 Å². The third kappa shape index (κ3) is 2.09. The highest BCUT2D eigenvalue weighted by molar-refractivity contribution is 5.78. The fraction of sp³-hybridized carbons (Fsp3) is 0.462.